The van der Waals surface area contributed by atoms with Crippen molar-refractivity contribution in [1.29, 1.82) is 0 Å². The zero-order valence-corrected chi connectivity index (χ0v) is 12.9. The predicted molar refractivity (Wildman–Crippen MR) is 81.3 cm³/mol. The van der Waals surface area contributed by atoms with E-state index in [-0.39, 0.29) is 22.0 Å². The number of aromatic hydroxyl groups is 1. The molecule has 6 nitrogen and oxygen atoms in total. The lowest BCUT2D eigenvalue weighted by molar-refractivity contribution is -0.134. The van der Waals surface area contributed by atoms with E-state index in [9.17, 15) is 19.5 Å². The number of hydrogen-bond acceptors (Lipinski definition) is 5. The number of aliphatic carboxylic acids is 2. The van der Waals surface area contributed by atoms with E-state index in [1.165, 1.54) is 19.1 Å². The molecule has 0 bridgehead atoms. The Kier molecular flexibility index (Phi) is 6.18. The minimum atomic E-state index is -1.37. The fourth-order valence-corrected chi connectivity index (χ4v) is 2.80. The molecule has 0 unspecified atom stereocenters. The van der Waals surface area contributed by atoms with Crippen molar-refractivity contribution in [2.45, 2.75) is 31.6 Å². The van der Waals surface area contributed by atoms with Gasteiger partial charge in [-0.1, -0.05) is 25.1 Å². The first-order valence-corrected chi connectivity index (χ1v) is 7.31. The largest absolute Gasteiger partial charge is 0.507 e. The average molecular weight is 324 g/mol. The number of carbonyl (C=O) groups is 3. The van der Waals surface area contributed by atoms with Crippen LogP contribution in [0.4, 0.5) is 0 Å². The molecule has 1 aromatic carbocycles. The number of Topliss-reactive ketones (excluding diaryl/α,β-unsaturated/α-hetero) is 1. The van der Waals surface area contributed by atoms with Crippen molar-refractivity contribution < 1.29 is 29.7 Å². The number of thioether (sulfide) groups is 1. The summed E-state index contributed by atoms with van der Waals surface area (Å²) in [5.74, 6) is -3.22. The zero-order valence-electron chi connectivity index (χ0n) is 12.1. The molecule has 0 aliphatic rings. The van der Waals surface area contributed by atoms with Crippen LogP contribution in [0.25, 0.3) is 0 Å². The number of ketones is 1. The lowest BCUT2D eigenvalue weighted by atomic mass is 10.0. The molecule has 0 spiro atoms. The third-order valence-electron chi connectivity index (χ3n) is 2.80. The lowest BCUT2D eigenvalue weighted by Gasteiger charge is -2.13. The van der Waals surface area contributed by atoms with Gasteiger partial charge < -0.3 is 15.3 Å². The van der Waals surface area contributed by atoms with E-state index in [1.54, 1.807) is 0 Å². The second kappa shape index (κ2) is 7.65. The Bertz CT molecular complexity index is 648. The third kappa shape index (κ3) is 4.36. The molecule has 0 saturated heterocycles. The van der Waals surface area contributed by atoms with Gasteiger partial charge in [-0.15, -0.1) is 0 Å². The standard InChI is InChI=1S/C15H16O6S/c1-3-4-10-11(6-5-9(8(2)16)14(10)19)22-12(15(20)21)7-13(17)18/h5-7,19H,3-4H2,1-2H3,(H,17,18)(H,20,21). The summed E-state index contributed by atoms with van der Waals surface area (Å²) in [5.41, 5.74) is 0.602. The summed E-state index contributed by atoms with van der Waals surface area (Å²) in [6.45, 7) is 3.20. The van der Waals surface area contributed by atoms with Gasteiger partial charge in [-0.05, 0) is 25.5 Å². The summed E-state index contributed by atoms with van der Waals surface area (Å²) in [6, 6.07) is 2.92. The summed E-state index contributed by atoms with van der Waals surface area (Å²) in [7, 11) is 0. The highest BCUT2D eigenvalue weighted by atomic mass is 32.2. The Morgan fingerprint density at radius 1 is 1.23 bits per heavy atom. The summed E-state index contributed by atoms with van der Waals surface area (Å²) >= 11 is 0.736. The minimum absolute atomic E-state index is 0.159. The van der Waals surface area contributed by atoms with Crippen molar-refractivity contribution in [3.63, 3.8) is 0 Å². The van der Waals surface area contributed by atoms with Crippen molar-refractivity contribution in [3.05, 3.63) is 34.2 Å². The average Bonchev–Trinajstić information content (AvgIpc) is 2.40. The van der Waals surface area contributed by atoms with Gasteiger partial charge in [-0.2, -0.15) is 0 Å². The van der Waals surface area contributed by atoms with E-state index in [4.69, 9.17) is 10.2 Å². The molecular weight excluding hydrogens is 308 g/mol. The quantitative estimate of drug-likeness (QED) is 0.401. The molecule has 1 aromatic rings. The molecule has 3 N–H and O–H groups in total. The van der Waals surface area contributed by atoms with Gasteiger partial charge in [0.2, 0.25) is 0 Å². The molecule has 0 saturated carbocycles. The van der Waals surface area contributed by atoms with Gasteiger partial charge in [0.25, 0.3) is 0 Å². The maximum absolute atomic E-state index is 11.5. The first-order valence-electron chi connectivity index (χ1n) is 6.49. The number of carbonyl (C=O) groups excluding carboxylic acids is 1. The number of carboxylic acid groups (broad SMARTS) is 2. The molecule has 0 aromatic heterocycles. The smallest absolute Gasteiger partial charge is 0.342 e. The molecule has 0 fully saturated rings. The van der Waals surface area contributed by atoms with Crippen LogP contribution in [0.1, 0.15) is 36.2 Å². The first-order chi connectivity index (χ1) is 10.3. The van der Waals surface area contributed by atoms with E-state index in [2.05, 4.69) is 0 Å². The highest BCUT2D eigenvalue weighted by molar-refractivity contribution is 8.04. The maximum atomic E-state index is 11.5. The molecule has 0 aliphatic heterocycles. The SMILES string of the molecule is CCCc1c(SC(=CC(=O)O)C(=O)O)ccc(C(C)=O)c1O. The lowest BCUT2D eigenvalue weighted by Crippen LogP contribution is -2.03. The molecule has 7 heteroatoms. The van der Waals surface area contributed by atoms with Gasteiger partial charge in [0.15, 0.2) is 5.78 Å². The second-order valence-corrected chi connectivity index (χ2v) is 5.58. The molecule has 118 valence electrons. The Balaban J connectivity index is 3.35. The third-order valence-corrected chi connectivity index (χ3v) is 3.92. The molecule has 0 atom stereocenters. The molecule has 0 amide bonds. The van der Waals surface area contributed by atoms with Crippen molar-refractivity contribution in [2.75, 3.05) is 0 Å². The number of rotatable bonds is 7. The summed E-state index contributed by atoms with van der Waals surface area (Å²) < 4.78 is 0. The highest BCUT2D eigenvalue weighted by Crippen LogP contribution is 2.37. The van der Waals surface area contributed by atoms with Gasteiger partial charge in [-0.3, -0.25) is 4.79 Å². The topological polar surface area (TPSA) is 112 Å². The Labute approximate surface area is 131 Å². The normalized spacial score (nSPS) is 11.3. The number of phenolic OH excluding ortho intramolecular Hbond substituents is 1. The van der Waals surface area contributed by atoms with Crippen LogP contribution >= 0.6 is 11.8 Å². The van der Waals surface area contributed by atoms with Crippen molar-refractivity contribution in [1.82, 2.24) is 0 Å². The molecule has 0 heterocycles. The Morgan fingerprint density at radius 2 is 1.86 bits per heavy atom. The highest BCUT2D eigenvalue weighted by Gasteiger charge is 2.19. The summed E-state index contributed by atoms with van der Waals surface area (Å²) in [4.78, 5) is 33.3. The number of phenols is 1. The number of hydrogen-bond donors (Lipinski definition) is 3. The van der Waals surface area contributed by atoms with Crippen LogP contribution in [-0.2, 0) is 16.0 Å². The van der Waals surface area contributed by atoms with Gasteiger partial charge in [0.05, 0.1) is 5.56 Å². The van der Waals surface area contributed by atoms with Crippen LogP contribution in [0.5, 0.6) is 5.75 Å². The fraction of sp³-hybridized carbons (Fsp3) is 0.267. The molecular formula is C15H16O6S. The number of carboxylic acids is 2. The molecule has 0 aliphatic carbocycles. The Hall–Kier alpha value is -2.28. The van der Waals surface area contributed by atoms with Crippen LogP contribution < -0.4 is 0 Å². The van der Waals surface area contributed by atoms with Crippen LogP contribution in [0, 0.1) is 0 Å². The van der Waals surface area contributed by atoms with Crippen LogP contribution in [0.15, 0.2) is 28.0 Å². The van der Waals surface area contributed by atoms with E-state index >= 15 is 0 Å². The van der Waals surface area contributed by atoms with Gasteiger partial charge in [-0.25, -0.2) is 9.59 Å². The number of benzene rings is 1. The first kappa shape index (κ1) is 17.8. The molecule has 1 rings (SSSR count). The van der Waals surface area contributed by atoms with E-state index in [0.717, 1.165) is 11.8 Å². The predicted octanol–water partition coefficient (Wildman–Crippen LogP) is 2.69. The van der Waals surface area contributed by atoms with E-state index in [1.807, 2.05) is 6.92 Å². The van der Waals surface area contributed by atoms with Crippen molar-refractivity contribution in [2.24, 2.45) is 0 Å². The van der Waals surface area contributed by atoms with Crippen LogP contribution in [-0.4, -0.2) is 33.0 Å². The Morgan fingerprint density at radius 3 is 2.32 bits per heavy atom. The summed E-state index contributed by atoms with van der Waals surface area (Å²) in [6.07, 6.45) is 1.71. The zero-order chi connectivity index (χ0) is 16.9. The fourth-order valence-electron chi connectivity index (χ4n) is 1.85. The van der Waals surface area contributed by atoms with Crippen molar-refractivity contribution in [3.8, 4) is 5.75 Å². The molecule has 0 radical (unpaired) electrons. The van der Waals surface area contributed by atoms with Gasteiger partial charge in [0, 0.05) is 16.5 Å². The van der Waals surface area contributed by atoms with Gasteiger partial charge >= 0.3 is 11.9 Å². The maximum Gasteiger partial charge on any atom is 0.342 e. The van der Waals surface area contributed by atoms with Crippen LogP contribution in [0.3, 0.4) is 0 Å². The van der Waals surface area contributed by atoms with E-state index < -0.39 is 11.9 Å². The monoisotopic (exact) mass is 324 g/mol. The van der Waals surface area contributed by atoms with Crippen LogP contribution in [0.2, 0.25) is 0 Å². The molecule has 22 heavy (non-hydrogen) atoms. The second-order valence-electron chi connectivity index (χ2n) is 4.50. The minimum Gasteiger partial charge on any atom is -0.507 e. The van der Waals surface area contributed by atoms with Crippen molar-refractivity contribution >= 4 is 29.5 Å². The summed E-state index contributed by atoms with van der Waals surface area (Å²) in [5, 5.41) is 27.9. The van der Waals surface area contributed by atoms with E-state index in [0.29, 0.717) is 29.4 Å². The van der Waals surface area contributed by atoms with Gasteiger partial charge in [0.1, 0.15) is 10.7 Å².